The SMILES string of the molecule is C=CC(=O)N(Cc1cccc(C#N)c1)C1CCCC12OCCO2. The van der Waals surface area contributed by atoms with E-state index in [2.05, 4.69) is 12.6 Å². The van der Waals surface area contributed by atoms with E-state index in [-0.39, 0.29) is 11.9 Å². The maximum atomic E-state index is 12.4. The molecule has 0 aromatic heterocycles. The molecule has 1 saturated heterocycles. The van der Waals surface area contributed by atoms with Crippen LogP contribution in [0.1, 0.15) is 30.4 Å². The lowest BCUT2D eigenvalue weighted by molar-refractivity contribution is -0.192. The Morgan fingerprint density at radius 3 is 2.96 bits per heavy atom. The minimum atomic E-state index is -0.675. The largest absolute Gasteiger partial charge is 0.346 e. The topological polar surface area (TPSA) is 62.6 Å². The van der Waals surface area contributed by atoms with Crippen molar-refractivity contribution < 1.29 is 14.3 Å². The molecular weight excluding hydrogens is 292 g/mol. The molecule has 1 atom stereocenters. The van der Waals surface area contributed by atoms with Crippen LogP contribution in [-0.4, -0.2) is 35.8 Å². The first-order valence-corrected chi connectivity index (χ1v) is 7.88. The second-order valence-electron chi connectivity index (χ2n) is 5.90. The maximum absolute atomic E-state index is 12.4. The monoisotopic (exact) mass is 312 g/mol. The molecule has 2 aliphatic rings. The van der Waals surface area contributed by atoms with Crippen molar-refractivity contribution >= 4 is 5.91 Å². The highest BCUT2D eigenvalue weighted by Crippen LogP contribution is 2.41. The molecule has 1 spiro atoms. The van der Waals surface area contributed by atoms with Crippen LogP contribution >= 0.6 is 0 Å². The molecule has 1 aromatic carbocycles. The Hall–Kier alpha value is -2.16. The van der Waals surface area contributed by atoms with Crippen molar-refractivity contribution in [1.82, 2.24) is 4.90 Å². The lowest BCUT2D eigenvalue weighted by atomic mass is 10.1. The number of hydrogen-bond acceptors (Lipinski definition) is 4. The van der Waals surface area contributed by atoms with E-state index >= 15 is 0 Å². The molecule has 2 fully saturated rings. The molecule has 3 rings (SSSR count). The van der Waals surface area contributed by atoms with Crippen molar-refractivity contribution in [2.24, 2.45) is 0 Å². The van der Waals surface area contributed by atoms with E-state index in [1.165, 1.54) is 6.08 Å². The Morgan fingerprint density at radius 1 is 1.48 bits per heavy atom. The molecule has 0 N–H and O–H groups in total. The van der Waals surface area contributed by atoms with Gasteiger partial charge in [0.25, 0.3) is 0 Å². The number of rotatable bonds is 4. The van der Waals surface area contributed by atoms with Gasteiger partial charge in [0.1, 0.15) is 0 Å². The number of nitrogens with zero attached hydrogens (tertiary/aromatic N) is 2. The third kappa shape index (κ3) is 3.00. The third-order valence-electron chi connectivity index (χ3n) is 4.53. The van der Waals surface area contributed by atoms with E-state index in [9.17, 15) is 4.79 Å². The van der Waals surface area contributed by atoms with Gasteiger partial charge in [-0.05, 0) is 36.6 Å². The highest BCUT2D eigenvalue weighted by molar-refractivity contribution is 5.87. The second kappa shape index (κ2) is 6.53. The highest BCUT2D eigenvalue weighted by Gasteiger charge is 2.51. The molecule has 5 heteroatoms. The van der Waals surface area contributed by atoms with Crippen molar-refractivity contribution in [1.29, 1.82) is 5.26 Å². The highest BCUT2D eigenvalue weighted by atomic mass is 16.7. The molecule has 0 radical (unpaired) electrons. The predicted octanol–water partition coefficient (Wildman–Crippen LogP) is 2.37. The zero-order valence-electron chi connectivity index (χ0n) is 13.0. The Bertz CT molecular complexity index is 638. The Balaban J connectivity index is 1.87. The molecule has 5 nitrogen and oxygen atoms in total. The summed E-state index contributed by atoms with van der Waals surface area (Å²) in [4.78, 5) is 14.2. The number of amides is 1. The number of nitriles is 1. The van der Waals surface area contributed by atoms with Crippen LogP contribution in [0.5, 0.6) is 0 Å². The summed E-state index contributed by atoms with van der Waals surface area (Å²) in [6, 6.07) is 9.32. The summed E-state index contributed by atoms with van der Waals surface area (Å²) in [5, 5.41) is 9.04. The lowest BCUT2D eigenvalue weighted by Crippen LogP contribution is -2.51. The van der Waals surface area contributed by atoms with Crippen LogP contribution in [0.15, 0.2) is 36.9 Å². The average Bonchev–Trinajstić information content (AvgIpc) is 3.22. The summed E-state index contributed by atoms with van der Waals surface area (Å²) in [5.74, 6) is -0.816. The molecule has 1 amide bonds. The van der Waals surface area contributed by atoms with Gasteiger partial charge in [0.15, 0.2) is 5.79 Å². The van der Waals surface area contributed by atoms with E-state index in [1.807, 2.05) is 12.1 Å². The van der Waals surface area contributed by atoms with Gasteiger partial charge in [-0.15, -0.1) is 0 Å². The zero-order chi connectivity index (χ0) is 16.3. The fraction of sp³-hybridized carbons (Fsp3) is 0.444. The molecular formula is C18H20N2O3. The minimum Gasteiger partial charge on any atom is -0.346 e. The quantitative estimate of drug-likeness (QED) is 0.801. The number of benzene rings is 1. The maximum Gasteiger partial charge on any atom is 0.246 e. The molecule has 23 heavy (non-hydrogen) atoms. The molecule has 1 heterocycles. The molecule has 1 saturated carbocycles. The molecule has 1 aliphatic heterocycles. The summed E-state index contributed by atoms with van der Waals surface area (Å²) in [7, 11) is 0. The fourth-order valence-corrected chi connectivity index (χ4v) is 3.52. The van der Waals surface area contributed by atoms with Crippen molar-refractivity contribution in [3.8, 4) is 6.07 Å². The summed E-state index contributed by atoms with van der Waals surface area (Å²) < 4.78 is 11.7. The lowest BCUT2D eigenvalue weighted by Gasteiger charge is -2.37. The van der Waals surface area contributed by atoms with Gasteiger partial charge in [0.2, 0.25) is 5.91 Å². The summed E-state index contributed by atoms with van der Waals surface area (Å²) in [6.45, 7) is 5.17. The first-order chi connectivity index (χ1) is 11.2. The molecule has 120 valence electrons. The minimum absolute atomic E-state index is 0.124. The van der Waals surface area contributed by atoms with Crippen molar-refractivity contribution in [2.45, 2.75) is 37.6 Å². The van der Waals surface area contributed by atoms with Gasteiger partial charge in [-0.3, -0.25) is 4.79 Å². The molecule has 1 aliphatic carbocycles. The van der Waals surface area contributed by atoms with Gasteiger partial charge in [-0.2, -0.15) is 5.26 Å². The predicted molar refractivity (Wildman–Crippen MR) is 84.2 cm³/mol. The summed E-state index contributed by atoms with van der Waals surface area (Å²) >= 11 is 0. The normalized spacial score (nSPS) is 22.0. The van der Waals surface area contributed by atoms with Gasteiger partial charge in [0.05, 0.1) is 30.9 Å². The zero-order valence-corrected chi connectivity index (χ0v) is 13.0. The number of hydrogen-bond donors (Lipinski definition) is 0. The van der Waals surface area contributed by atoms with Crippen LogP contribution in [0.3, 0.4) is 0 Å². The Morgan fingerprint density at radius 2 is 2.26 bits per heavy atom. The standard InChI is InChI=1S/C18H20N2O3/c1-2-17(21)20(13-15-6-3-5-14(11-15)12-19)16-7-4-8-18(16)22-9-10-23-18/h2-3,5-6,11,16H,1,4,7-10,13H2. The van der Waals surface area contributed by atoms with Crippen molar-refractivity contribution in [3.05, 3.63) is 48.0 Å². The first-order valence-electron chi connectivity index (χ1n) is 7.88. The average molecular weight is 312 g/mol. The van der Waals surface area contributed by atoms with E-state index < -0.39 is 5.79 Å². The van der Waals surface area contributed by atoms with Crippen molar-refractivity contribution in [2.75, 3.05) is 13.2 Å². The van der Waals surface area contributed by atoms with Gasteiger partial charge >= 0.3 is 0 Å². The van der Waals surface area contributed by atoms with E-state index in [4.69, 9.17) is 14.7 Å². The molecule has 1 aromatic rings. The van der Waals surface area contributed by atoms with Crippen LogP contribution in [0, 0.1) is 11.3 Å². The van der Waals surface area contributed by atoms with Gasteiger partial charge in [-0.25, -0.2) is 0 Å². The van der Waals surface area contributed by atoms with E-state index in [1.54, 1.807) is 17.0 Å². The molecule has 0 bridgehead atoms. The van der Waals surface area contributed by atoms with E-state index in [0.717, 1.165) is 24.8 Å². The van der Waals surface area contributed by atoms with Crippen LogP contribution in [0.2, 0.25) is 0 Å². The van der Waals surface area contributed by atoms with Crippen molar-refractivity contribution in [3.63, 3.8) is 0 Å². The Kier molecular flexibility index (Phi) is 4.46. The summed E-state index contributed by atoms with van der Waals surface area (Å²) in [5.41, 5.74) is 1.50. The van der Waals surface area contributed by atoms with Crippen LogP contribution in [-0.2, 0) is 20.8 Å². The van der Waals surface area contributed by atoms with Crippen LogP contribution in [0.4, 0.5) is 0 Å². The van der Waals surface area contributed by atoms with Gasteiger partial charge in [0, 0.05) is 13.0 Å². The Labute approximate surface area is 136 Å². The third-order valence-corrected chi connectivity index (χ3v) is 4.53. The van der Waals surface area contributed by atoms with E-state index in [0.29, 0.717) is 25.3 Å². The number of carbonyl (C=O) groups excluding carboxylic acids is 1. The number of ether oxygens (including phenoxy) is 2. The van der Waals surface area contributed by atoms with Crippen LogP contribution < -0.4 is 0 Å². The first kappa shape index (κ1) is 15.7. The smallest absolute Gasteiger partial charge is 0.246 e. The van der Waals surface area contributed by atoms with Gasteiger partial charge < -0.3 is 14.4 Å². The van der Waals surface area contributed by atoms with Gasteiger partial charge in [-0.1, -0.05) is 18.7 Å². The number of carbonyl (C=O) groups is 1. The second-order valence-corrected chi connectivity index (χ2v) is 5.90. The summed E-state index contributed by atoms with van der Waals surface area (Å²) in [6.07, 6.45) is 3.94. The molecule has 1 unspecified atom stereocenters. The van der Waals surface area contributed by atoms with Crippen LogP contribution in [0.25, 0.3) is 0 Å². The fourth-order valence-electron chi connectivity index (χ4n) is 3.52.